The van der Waals surface area contributed by atoms with E-state index in [0.717, 1.165) is 11.1 Å². The van der Waals surface area contributed by atoms with E-state index < -0.39 is 23.9 Å². The van der Waals surface area contributed by atoms with Crippen molar-refractivity contribution in [1.29, 1.82) is 0 Å². The minimum Gasteiger partial charge on any atom is -0.465 e. The first-order chi connectivity index (χ1) is 12.9. The van der Waals surface area contributed by atoms with Gasteiger partial charge < -0.3 is 20.7 Å². The highest BCUT2D eigenvalue weighted by Gasteiger charge is 2.24. The number of H-pyrrole nitrogens is 1. The van der Waals surface area contributed by atoms with Crippen molar-refractivity contribution in [2.75, 3.05) is 0 Å². The van der Waals surface area contributed by atoms with E-state index in [1.165, 1.54) is 12.1 Å². The van der Waals surface area contributed by atoms with Crippen LogP contribution in [0, 0.1) is 5.82 Å². The van der Waals surface area contributed by atoms with Gasteiger partial charge in [0, 0.05) is 23.5 Å². The SMILES string of the molecule is CC(NC(=O)C(Cc1c[nH]c2ccc(F)cc12)NC(=O)O)c1ccccc1. The van der Waals surface area contributed by atoms with Crippen molar-refractivity contribution >= 4 is 22.9 Å². The van der Waals surface area contributed by atoms with Gasteiger partial charge in [0.15, 0.2) is 0 Å². The maximum Gasteiger partial charge on any atom is 0.405 e. The Morgan fingerprint density at radius 2 is 1.89 bits per heavy atom. The molecule has 0 radical (unpaired) electrons. The molecule has 0 aliphatic carbocycles. The smallest absolute Gasteiger partial charge is 0.405 e. The van der Waals surface area contributed by atoms with Crippen LogP contribution < -0.4 is 10.6 Å². The largest absolute Gasteiger partial charge is 0.465 e. The quantitative estimate of drug-likeness (QED) is 0.537. The second-order valence-electron chi connectivity index (χ2n) is 6.35. The van der Waals surface area contributed by atoms with Crippen molar-refractivity contribution in [3.8, 4) is 0 Å². The third-order valence-corrected chi connectivity index (χ3v) is 4.43. The standard InChI is InChI=1S/C20H20FN3O3/c1-12(13-5-3-2-4-6-13)23-19(25)18(24-20(26)27)9-14-11-22-17-8-7-15(21)10-16(14)17/h2-8,10-12,18,22,24H,9H2,1H3,(H,23,25)(H,26,27). The van der Waals surface area contributed by atoms with Crippen LogP contribution in [0.2, 0.25) is 0 Å². The molecule has 0 fully saturated rings. The lowest BCUT2D eigenvalue weighted by atomic mass is 10.0. The lowest BCUT2D eigenvalue weighted by Crippen LogP contribution is -2.48. The van der Waals surface area contributed by atoms with Crippen LogP contribution in [0.15, 0.2) is 54.7 Å². The van der Waals surface area contributed by atoms with Gasteiger partial charge in [0.2, 0.25) is 5.91 Å². The Balaban J connectivity index is 1.79. The Morgan fingerprint density at radius 3 is 2.59 bits per heavy atom. The van der Waals surface area contributed by atoms with Crippen LogP contribution in [0.1, 0.15) is 24.1 Å². The number of rotatable bonds is 6. The van der Waals surface area contributed by atoms with Crippen LogP contribution in [0.4, 0.5) is 9.18 Å². The predicted molar refractivity (Wildman–Crippen MR) is 99.9 cm³/mol. The van der Waals surface area contributed by atoms with Crippen molar-refractivity contribution < 1.29 is 19.1 Å². The fourth-order valence-electron chi connectivity index (χ4n) is 3.04. The number of halogens is 1. The van der Waals surface area contributed by atoms with E-state index in [1.54, 1.807) is 12.3 Å². The van der Waals surface area contributed by atoms with Gasteiger partial charge in [0.25, 0.3) is 0 Å². The Bertz CT molecular complexity index is 956. The number of benzene rings is 2. The number of carbonyl (C=O) groups is 2. The maximum absolute atomic E-state index is 13.6. The Morgan fingerprint density at radius 1 is 1.15 bits per heavy atom. The van der Waals surface area contributed by atoms with Gasteiger partial charge in [-0.15, -0.1) is 0 Å². The Labute approximate surface area is 155 Å². The predicted octanol–water partition coefficient (Wildman–Crippen LogP) is 3.36. The van der Waals surface area contributed by atoms with Crippen LogP contribution in [-0.4, -0.2) is 28.1 Å². The number of aromatic nitrogens is 1. The molecule has 2 unspecified atom stereocenters. The molecule has 0 saturated carbocycles. The summed E-state index contributed by atoms with van der Waals surface area (Å²) in [5, 5.41) is 14.8. The minimum atomic E-state index is -1.30. The van der Waals surface area contributed by atoms with E-state index >= 15 is 0 Å². The number of hydrogen-bond donors (Lipinski definition) is 4. The second kappa shape index (κ2) is 7.90. The number of fused-ring (bicyclic) bond motifs is 1. The van der Waals surface area contributed by atoms with Crippen molar-refractivity contribution in [3.05, 3.63) is 71.7 Å². The van der Waals surface area contributed by atoms with Crippen LogP contribution in [-0.2, 0) is 11.2 Å². The topological polar surface area (TPSA) is 94.2 Å². The zero-order valence-corrected chi connectivity index (χ0v) is 14.7. The number of carbonyl (C=O) groups excluding carboxylic acids is 1. The Hall–Kier alpha value is -3.35. The number of carboxylic acid groups (broad SMARTS) is 1. The second-order valence-corrected chi connectivity index (χ2v) is 6.35. The molecule has 140 valence electrons. The number of amides is 2. The molecule has 3 rings (SSSR count). The molecule has 1 aromatic heterocycles. The first-order valence-electron chi connectivity index (χ1n) is 8.54. The summed E-state index contributed by atoms with van der Waals surface area (Å²) in [5.41, 5.74) is 2.29. The summed E-state index contributed by atoms with van der Waals surface area (Å²) in [6, 6.07) is 12.4. The number of hydrogen-bond acceptors (Lipinski definition) is 2. The minimum absolute atomic E-state index is 0.100. The molecule has 27 heavy (non-hydrogen) atoms. The molecule has 0 aliphatic rings. The van der Waals surface area contributed by atoms with Gasteiger partial charge in [-0.05, 0) is 36.2 Å². The summed E-state index contributed by atoms with van der Waals surface area (Å²) in [6.45, 7) is 1.83. The van der Waals surface area contributed by atoms with Crippen LogP contribution in [0.5, 0.6) is 0 Å². The summed E-state index contributed by atoms with van der Waals surface area (Å²) < 4.78 is 13.6. The van der Waals surface area contributed by atoms with Gasteiger partial charge in [0.1, 0.15) is 11.9 Å². The van der Waals surface area contributed by atoms with Gasteiger partial charge in [0.05, 0.1) is 6.04 Å². The van der Waals surface area contributed by atoms with Crippen LogP contribution >= 0.6 is 0 Å². The highest BCUT2D eigenvalue weighted by atomic mass is 19.1. The molecule has 6 nitrogen and oxygen atoms in total. The van der Waals surface area contributed by atoms with Crippen LogP contribution in [0.3, 0.4) is 0 Å². The molecule has 2 amide bonds. The third kappa shape index (κ3) is 4.44. The van der Waals surface area contributed by atoms with Crippen molar-refractivity contribution in [1.82, 2.24) is 15.6 Å². The summed E-state index contributed by atoms with van der Waals surface area (Å²) in [6.07, 6.45) is 0.464. The van der Waals surface area contributed by atoms with E-state index in [9.17, 15) is 14.0 Å². The van der Waals surface area contributed by atoms with Gasteiger partial charge in [-0.1, -0.05) is 30.3 Å². The fourth-order valence-corrected chi connectivity index (χ4v) is 3.04. The van der Waals surface area contributed by atoms with Crippen molar-refractivity contribution in [2.45, 2.75) is 25.4 Å². The average molecular weight is 369 g/mol. The van der Waals surface area contributed by atoms with Gasteiger partial charge >= 0.3 is 6.09 Å². The number of nitrogens with one attached hydrogen (secondary N) is 3. The van der Waals surface area contributed by atoms with Crippen molar-refractivity contribution in [2.24, 2.45) is 0 Å². The molecule has 7 heteroatoms. The molecule has 1 heterocycles. The molecular formula is C20H20FN3O3. The first kappa shape index (κ1) is 18.4. The molecule has 0 aliphatic heterocycles. The first-order valence-corrected chi connectivity index (χ1v) is 8.54. The third-order valence-electron chi connectivity index (χ3n) is 4.43. The van der Waals surface area contributed by atoms with Gasteiger partial charge in [-0.25, -0.2) is 9.18 Å². The van der Waals surface area contributed by atoms with E-state index in [1.807, 2.05) is 37.3 Å². The molecule has 0 bridgehead atoms. The number of aromatic amines is 1. The van der Waals surface area contributed by atoms with E-state index in [0.29, 0.717) is 10.9 Å². The van der Waals surface area contributed by atoms with E-state index in [-0.39, 0.29) is 12.5 Å². The highest BCUT2D eigenvalue weighted by molar-refractivity contribution is 5.88. The summed E-state index contributed by atoms with van der Waals surface area (Å²) in [7, 11) is 0. The van der Waals surface area contributed by atoms with Gasteiger partial charge in [-0.2, -0.15) is 0 Å². The van der Waals surface area contributed by atoms with E-state index in [4.69, 9.17) is 5.11 Å². The summed E-state index contributed by atoms with van der Waals surface area (Å²) in [4.78, 5) is 26.8. The zero-order chi connectivity index (χ0) is 19.4. The molecule has 2 aromatic carbocycles. The normalized spacial score (nSPS) is 13.1. The van der Waals surface area contributed by atoms with Gasteiger partial charge in [-0.3, -0.25) is 4.79 Å². The monoisotopic (exact) mass is 369 g/mol. The maximum atomic E-state index is 13.6. The lowest BCUT2D eigenvalue weighted by molar-refractivity contribution is -0.123. The molecule has 0 spiro atoms. The Kier molecular flexibility index (Phi) is 5.40. The molecule has 2 atom stereocenters. The molecular weight excluding hydrogens is 349 g/mol. The zero-order valence-electron chi connectivity index (χ0n) is 14.7. The summed E-state index contributed by atoms with van der Waals surface area (Å²) >= 11 is 0. The molecule has 4 N–H and O–H groups in total. The average Bonchev–Trinajstić information content (AvgIpc) is 3.03. The summed E-state index contributed by atoms with van der Waals surface area (Å²) in [5.74, 6) is -0.840. The van der Waals surface area contributed by atoms with Crippen LogP contribution in [0.25, 0.3) is 10.9 Å². The fraction of sp³-hybridized carbons (Fsp3) is 0.200. The van der Waals surface area contributed by atoms with Crippen molar-refractivity contribution in [3.63, 3.8) is 0 Å². The lowest BCUT2D eigenvalue weighted by Gasteiger charge is -2.20. The highest BCUT2D eigenvalue weighted by Crippen LogP contribution is 2.21. The van der Waals surface area contributed by atoms with E-state index in [2.05, 4.69) is 15.6 Å². The molecule has 3 aromatic rings. The molecule has 0 saturated heterocycles.